The molecule has 0 aromatic rings. The minimum Gasteiger partial charge on any atom is -0.481 e. The summed E-state index contributed by atoms with van der Waals surface area (Å²) in [6.07, 6.45) is 0.721. The van der Waals surface area contributed by atoms with Gasteiger partial charge in [-0.15, -0.1) is 0 Å². The number of carboxylic acid groups (broad SMARTS) is 1. The number of carbonyl (C=O) groups excluding carboxylic acids is 2. The van der Waals surface area contributed by atoms with E-state index in [0.717, 1.165) is 6.42 Å². The summed E-state index contributed by atoms with van der Waals surface area (Å²) in [7, 11) is 0. The van der Waals surface area contributed by atoms with Gasteiger partial charge in [0.25, 0.3) is 0 Å². The zero-order chi connectivity index (χ0) is 15.9. The average Bonchev–Trinajstić information content (AvgIpc) is 2.34. The fourth-order valence-corrected chi connectivity index (χ4v) is 1.58. The van der Waals surface area contributed by atoms with Gasteiger partial charge in [-0.05, 0) is 26.7 Å². The highest BCUT2D eigenvalue weighted by molar-refractivity contribution is 5.96. The van der Waals surface area contributed by atoms with Crippen molar-refractivity contribution in [3.8, 4) is 0 Å². The number of hydrogen-bond acceptors (Lipinski definition) is 3. The molecule has 1 unspecified atom stereocenters. The van der Waals surface area contributed by atoms with Gasteiger partial charge in [-0.25, -0.2) is 4.79 Å². The predicted octanol–water partition coefficient (Wildman–Crippen LogP) is 2.09. The second-order valence-corrected chi connectivity index (χ2v) is 5.77. The topological polar surface area (TPSA) is 86.7 Å². The summed E-state index contributed by atoms with van der Waals surface area (Å²) in [5.41, 5.74) is -1.18. The van der Waals surface area contributed by atoms with Crippen LogP contribution in [0, 0.1) is 11.3 Å². The Hall–Kier alpha value is -1.59. The van der Waals surface area contributed by atoms with Gasteiger partial charge in [-0.1, -0.05) is 20.3 Å². The molecule has 0 saturated heterocycles. The van der Waals surface area contributed by atoms with Crippen LogP contribution in [0.5, 0.6) is 0 Å². The summed E-state index contributed by atoms with van der Waals surface area (Å²) in [5.74, 6) is -1.27. The van der Waals surface area contributed by atoms with E-state index in [9.17, 15) is 14.4 Å². The summed E-state index contributed by atoms with van der Waals surface area (Å²) in [5, 5.41) is 11.2. The van der Waals surface area contributed by atoms with Crippen LogP contribution >= 0.6 is 0 Å². The highest BCUT2D eigenvalue weighted by atomic mass is 16.4. The van der Waals surface area contributed by atoms with Gasteiger partial charge < -0.3 is 10.0 Å². The maximum atomic E-state index is 11.9. The first kappa shape index (κ1) is 18.4. The third-order valence-corrected chi connectivity index (χ3v) is 3.33. The Kier molecular flexibility index (Phi) is 7.24. The van der Waals surface area contributed by atoms with Crippen LogP contribution in [0.1, 0.15) is 47.5 Å². The Morgan fingerprint density at radius 3 is 2.20 bits per heavy atom. The molecule has 116 valence electrons. The van der Waals surface area contributed by atoms with Crippen molar-refractivity contribution in [1.82, 2.24) is 10.2 Å². The summed E-state index contributed by atoms with van der Waals surface area (Å²) in [6.45, 7) is 9.91. The van der Waals surface area contributed by atoms with E-state index in [2.05, 4.69) is 5.32 Å². The minimum atomic E-state index is -1.18. The second kappa shape index (κ2) is 7.87. The molecular weight excluding hydrogens is 260 g/mol. The molecule has 0 aliphatic carbocycles. The third kappa shape index (κ3) is 6.04. The molecule has 0 saturated carbocycles. The summed E-state index contributed by atoms with van der Waals surface area (Å²) in [4.78, 5) is 36.2. The van der Waals surface area contributed by atoms with E-state index in [-0.39, 0.29) is 6.42 Å². The van der Waals surface area contributed by atoms with Gasteiger partial charge in [-0.2, -0.15) is 0 Å². The lowest BCUT2D eigenvalue weighted by Gasteiger charge is -2.25. The van der Waals surface area contributed by atoms with Crippen molar-refractivity contribution in [2.24, 2.45) is 11.3 Å². The summed E-state index contributed by atoms with van der Waals surface area (Å²) in [6, 6.07) is -0.459. The summed E-state index contributed by atoms with van der Waals surface area (Å²) < 4.78 is 0. The number of hydrogen-bond donors (Lipinski definition) is 2. The first-order chi connectivity index (χ1) is 9.13. The average molecular weight is 286 g/mol. The standard InChI is InChI=1S/C14H26N2O4/c1-6-10(3)9-16(7-2)13(20)15-11(17)8-14(4,5)12(18)19/h10H,6-9H2,1-5H3,(H,18,19)(H,15,17,20). The molecule has 0 aromatic heterocycles. The van der Waals surface area contributed by atoms with Crippen molar-refractivity contribution >= 4 is 17.9 Å². The van der Waals surface area contributed by atoms with Crippen molar-refractivity contribution in [1.29, 1.82) is 0 Å². The number of carboxylic acids is 1. The van der Waals surface area contributed by atoms with Crippen LogP contribution in [0.15, 0.2) is 0 Å². The van der Waals surface area contributed by atoms with Gasteiger partial charge >= 0.3 is 12.0 Å². The normalized spacial score (nSPS) is 12.7. The molecule has 0 heterocycles. The first-order valence-corrected chi connectivity index (χ1v) is 6.96. The number of aliphatic carboxylic acids is 1. The molecule has 6 nitrogen and oxygen atoms in total. The van der Waals surface area contributed by atoms with Gasteiger partial charge in [-0.3, -0.25) is 14.9 Å². The fraction of sp³-hybridized carbons (Fsp3) is 0.786. The van der Waals surface area contributed by atoms with E-state index in [1.54, 1.807) is 4.90 Å². The highest BCUT2D eigenvalue weighted by Crippen LogP contribution is 2.20. The van der Waals surface area contributed by atoms with E-state index in [0.29, 0.717) is 19.0 Å². The van der Waals surface area contributed by atoms with Crippen LogP contribution in [0.2, 0.25) is 0 Å². The zero-order valence-electron chi connectivity index (χ0n) is 13.0. The molecule has 20 heavy (non-hydrogen) atoms. The fourth-order valence-electron chi connectivity index (χ4n) is 1.58. The van der Waals surface area contributed by atoms with Crippen molar-refractivity contribution in [3.63, 3.8) is 0 Å². The number of imide groups is 1. The molecule has 3 amide bonds. The number of nitrogens with one attached hydrogen (secondary N) is 1. The van der Waals surface area contributed by atoms with Crippen LogP contribution in [0.3, 0.4) is 0 Å². The number of amides is 3. The molecule has 0 aliphatic heterocycles. The monoisotopic (exact) mass is 286 g/mol. The molecule has 2 N–H and O–H groups in total. The second-order valence-electron chi connectivity index (χ2n) is 5.77. The SMILES string of the molecule is CCC(C)CN(CC)C(=O)NC(=O)CC(C)(C)C(=O)O. The van der Waals surface area contributed by atoms with Crippen molar-refractivity contribution in [3.05, 3.63) is 0 Å². The maximum Gasteiger partial charge on any atom is 0.324 e. The van der Waals surface area contributed by atoms with Gasteiger partial charge in [0.05, 0.1) is 5.41 Å². The molecule has 0 fully saturated rings. The van der Waals surface area contributed by atoms with Crippen LogP contribution < -0.4 is 5.32 Å². The molecular formula is C14H26N2O4. The lowest BCUT2D eigenvalue weighted by Crippen LogP contribution is -2.45. The Balaban J connectivity index is 4.50. The Morgan fingerprint density at radius 2 is 1.80 bits per heavy atom. The van der Waals surface area contributed by atoms with Crippen molar-refractivity contribution in [2.75, 3.05) is 13.1 Å². The van der Waals surface area contributed by atoms with Gasteiger partial charge in [0.2, 0.25) is 5.91 Å². The first-order valence-electron chi connectivity index (χ1n) is 6.96. The number of carbonyl (C=O) groups is 3. The largest absolute Gasteiger partial charge is 0.481 e. The lowest BCUT2D eigenvalue weighted by molar-refractivity contribution is -0.149. The number of rotatable bonds is 7. The van der Waals surface area contributed by atoms with E-state index in [1.165, 1.54) is 13.8 Å². The molecule has 0 radical (unpaired) electrons. The van der Waals surface area contributed by atoms with Gasteiger partial charge in [0.15, 0.2) is 0 Å². The molecule has 0 rings (SSSR count). The van der Waals surface area contributed by atoms with E-state index < -0.39 is 23.3 Å². The third-order valence-electron chi connectivity index (χ3n) is 3.33. The Morgan fingerprint density at radius 1 is 1.25 bits per heavy atom. The summed E-state index contributed by atoms with van der Waals surface area (Å²) >= 11 is 0. The minimum absolute atomic E-state index is 0.227. The van der Waals surface area contributed by atoms with Gasteiger partial charge in [0.1, 0.15) is 0 Å². The molecule has 0 spiro atoms. The number of nitrogens with zero attached hydrogens (tertiary/aromatic N) is 1. The zero-order valence-corrected chi connectivity index (χ0v) is 13.0. The Bertz CT molecular complexity index is 366. The molecule has 1 atom stereocenters. The molecule has 0 bridgehead atoms. The maximum absolute atomic E-state index is 11.9. The quantitative estimate of drug-likeness (QED) is 0.750. The van der Waals surface area contributed by atoms with Crippen LogP contribution in [-0.2, 0) is 9.59 Å². The van der Waals surface area contributed by atoms with E-state index in [1.807, 2.05) is 20.8 Å². The molecule has 0 aromatic carbocycles. The highest BCUT2D eigenvalue weighted by Gasteiger charge is 2.31. The van der Waals surface area contributed by atoms with Crippen LogP contribution in [0.4, 0.5) is 4.79 Å². The van der Waals surface area contributed by atoms with Crippen molar-refractivity contribution in [2.45, 2.75) is 47.5 Å². The predicted molar refractivity (Wildman–Crippen MR) is 76.3 cm³/mol. The van der Waals surface area contributed by atoms with Crippen molar-refractivity contribution < 1.29 is 19.5 Å². The van der Waals surface area contributed by atoms with E-state index in [4.69, 9.17) is 5.11 Å². The lowest BCUT2D eigenvalue weighted by atomic mass is 9.89. The molecule has 0 aliphatic rings. The molecule has 6 heteroatoms. The van der Waals surface area contributed by atoms with Crippen LogP contribution in [-0.4, -0.2) is 41.0 Å². The Labute approximate surface area is 120 Å². The van der Waals surface area contributed by atoms with E-state index >= 15 is 0 Å². The van der Waals surface area contributed by atoms with Crippen LogP contribution in [0.25, 0.3) is 0 Å². The van der Waals surface area contributed by atoms with Gasteiger partial charge in [0, 0.05) is 19.5 Å². The number of urea groups is 1. The smallest absolute Gasteiger partial charge is 0.324 e.